The summed E-state index contributed by atoms with van der Waals surface area (Å²) in [5.41, 5.74) is 0. The number of nitrogens with zero attached hydrogens (tertiary/aromatic N) is 1. The Bertz CT molecular complexity index is 216. The molecule has 15 heavy (non-hydrogen) atoms. The van der Waals surface area contributed by atoms with Gasteiger partial charge in [-0.1, -0.05) is 0 Å². The molecule has 0 aliphatic carbocycles. The second-order valence-corrected chi connectivity index (χ2v) is 5.25. The summed E-state index contributed by atoms with van der Waals surface area (Å²) in [6, 6.07) is -1.29. The van der Waals surface area contributed by atoms with Crippen molar-refractivity contribution in [3.05, 3.63) is 0 Å². The van der Waals surface area contributed by atoms with Crippen molar-refractivity contribution in [3.8, 4) is 0 Å². The van der Waals surface area contributed by atoms with Crippen LogP contribution in [0, 0.1) is 0 Å². The van der Waals surface area contributed by atoms with Gasteiger partial charge in [-0.2, -0.15) is 13.2 Å². The van der Waals surface area contributed by atoms with Crippen molar-refractivity contribution in [2.45, 2.75) is 30.4 Å². The number of piperazine rings is 1. The quantitative estimate of drug-likeness (QED) is 0.750. The van der Waals surface area contributed by atoms with Gasteiger partial charge in [0.2, 0.25) is 0 Å². The van der Waals surface area contributed by atoms with Crippen LogP contribution in [0.4, 0.5) is 13.2 Å². The molecule has 2 atom stereocenters. The van der Waals surface area contributed by atoms with E-state index in [9.17, 15) is 13.2 Å². The summed E-state index contributed by atoms with van der Waals surface area (Å²) >= 11 is 1.67. The molecule has 2 aliphatic heterocycles. The van der Waals surface area contributed by atoms with E-state index >= 15 is 0 Å². The van der Waals surface area contributed by atoms with Gasteiger partial charge < -0.3 is 5.32 Å². The average Bonchev–Trinajstić information content (AvgIpc) is 2.69. The van der Waals surface area contributed by atoms with Crippen molar-refractivity contribution < 1.29 is 13.2 Å². The molecule has 2 fully saturated rings. The lowest BCUT2D eigenvalue weighted by molar-refractivity contribution is -0.188. The summed E-state index contributed by atoms with van der Waals surface area (Å²) in [4.78, 5) is 1.63. The Hall–Kier alpha value is 0.0600. The molecule has 0 amide bonds. The van der Waals surface area contributed by atoms with E-state index in [1.54, 1.807) is 16.7 Å². The lowest BCUT2D eigenvalue weighted by atomic mass is 10.1. The van der Waals surface area contributed by atoms with E-state index in [1.807, 2.05) is 0 Å². The van der Waals surface area contributed by atoms with Gasteiger partial charge in [-0.3, -0.25) is 4.90 Å². The Morgan fingerprint density at radius 3 is 2.73 bits per heavy atom. The Balaban J connectivity index is 2.05. The molecule has 0 aromatic carbocycles. The van der Waals surface area contributed by atoms with Gasteiger partial charge in [-0.25, -0.2) is 0 Å². The minimum atomic E-state index is -4.10. The van der Waals surface area contributed by atoms with Gasteiger partial charge in [0.1, 0.15) is 6.04 Å². The van der Waals surface area contributed by atoms with Crippen LogP contribution in [-0.4, -0.2) is 47.9 Å². The van der Waals surface area contributed by atoms with Crippen LogP contribution in [0.5, 0.6) is 0 Å². The maximum Gasteiger partial charge on any atom is 0.405 e. The normalized spacial score (nSPS) is 34.6. The van der Waals surface area contributed by atoms with Crippen LogP contribution in [0.3, 0.4) is 0 Å². The topological polar surface area (TPSA) is 15.3 Å². The zero-order chi connectivity index (χ0) is 10.9. The van der Waals surface area contributed by atoms with Crippen molar-refractivity contribution in [2.24, 2.45) is 0 Å². The number of nitrogens with one attached hydrogen (secondary N) is 1. The third-order valence-electron chi connectivity index (χ3n) is 2.94. The highest BCUT2D eigenvalue weighted by molar-refractivity contribution is 8.00. The molecule has 88 valence electrons. The molecule has 6 heteroatoms. The Labute approximate surface area is 91.6 Å². The van der Waals surface area contributed by atoms with Crippen molar-refractivity contribution in [1.29, 1.82) is 0 Å². The molecule has 0 saturated carbocycles. The Kier molecular flexibility index (Phi) is 3.47. The largest absolute Gasteiger partial charge is 0.405 e. The summed E-state index contributed by atoms with van der Waals surface area (Å²) in [5, 5.41) is 2.91. The Morgan fingerprint density at radius 2 is 2.13 bits per heavy atom. The van der Waals surface area contributed by atoms with Crippen LogP contribution in [-0.2, 0) is 0 Å². The first-order valence-electron chi connectivity index (χ1n) is 5.24. The minimum Gasteiger partial charge on any atom is -0.314 e. The molecule has 2 saturated heterocycles. The van der Waals surface area contributed by atoms with Crippen molar-refractivity contribution in [3.63, 3.8) is 0 Å². The van der Waals surface area contributed by atoms with E-state index in [0.717, 1.165) is 18.6 Å². The zero-order valence-electron chi connectivity index (χ0n) is 8.39. The van der Waals surface area contributed by atoms with Crippen molar-refractivity contribution in [1.82, 2.24) is 10.2 Å². The van der Waals surface area contributed by atoms with Crippen LogP contribution in [0.15, 0.2) is 0 Å². The van der Waals surface area contributed by atoms with Crippen LogP contribution in [0.25, 0.3) is 0 Å². The third kappa shape index (κ3) is 2.60. The second-order valence-electron chi connectivity index (χ2n) is 3.97. The lowest BCUT2D eigenvalue weighted by Gasteiger charge is -2.40. The first-order chi connectivity index (χ1) is 7.09. The van der Waals surface area contributed by atoms with Crippen LogP contribution in [0.2, 0.25) is 0 Å². The molecule has 2 heterocycles. The summed E-state index contributed by atoms with van der Waals surface area (Å²) < 4.78 is 38.3. The average molecular weight is 240 g/mol. The first-order valence-corrected chi connectivity index (χ1v) is 6.28. The van der Waals surface area contributed by atoms with Gasteiger partial charge in [-0.15, -0.1) is 11.8 Å². The van der Waals surface area contributed by atoms with E-state index in [0.29, 0.717) is 13.1 Å². The van der Waals surface area contributed by atoms with Gasteiger partial charge in [0.05, 0.1) is 5.37 Å². The fourth-order valence-corrected chi connectivity index (χ4v) is 3.57. The van der Waals surface area contributed by atoms with E-state index in [1.165, 1.54) is 0 Å². The maximum atomic E-state index is 12.8. The van der Waals surface area contributed by atoms with Gasteiger partial charge in [-0.05, 0) is 18.6 Å². The van der Waals surface area contributed by atoms with E-state index < -0.39 is 12.2 Å². The molecule has 2 rings (SSSR count). The standard InChI is InChI=1S/C9H15F3N2S/c10-9(11,12)7-6-13-3-4-14(7)8-2-1-5-15-8/h7-8,13H,1-6H2. The highest BCUT2D eigenvalue weighted by atomic mass is 32.2. The summed E-state index contributed by atoms with van der Waals surface area (Å²) in [7, 11) is 0. The number of hydrogen-bond donors (Lipinski definition) is 1. The van der Waals surface area contributed by atoms with Gasteiger partial charge in [0.15, 0.2) is 0 Å². The monoisotopic (exact) mass is 240 g/mol. The number of hydrogen-bond acceptors (Lipinski definition) is 3. The molecule has 0 spiro atoms. The smallest absolute Gasteiger partial charge is 0.314 e. The molecule has 2 aliphatic rings. The van der Waals surface area contributed by atoms with Crippen LogP contribution < -0.4 is 5.32 Å². The van der Waals surface area contributed by atoms with Gasteiger partial charge in [0, 0.05) is 19.6 Å². The summed E-state index contributed by atoms with van der Waals surface area (Å²) in [6.07, 6.45) is -2.16. The zero-order valence-corrected chi connectivity index (χ0v) is 9.20. The van der Waals surface area contributed by atoms with Crippen molar-refractivity contribution in [2.75, 3.05) is 25.4 Å². The van der Waals surface area contributed by atoms with Crippen molar-refractivity contribution >= 4 is 11.8 Å². The molecule has 0 aromatic heterocycles. The van der Waals surface area contributed by atoms with E-state index in [2.05, 4.69) is 5.32 Å². The molecule has 2 nitrogen and oxygen atoms in total. The lowest BCUT2D eigenvalue weighted by Crippen LogP contribution is -2.59. The summed E-state index contributed by atoms with van der Waals surface area (Å²) in [6.45, 7) is 1.23. The predicted octanol–water partition coefficient (Wildman–Crippen LogP) is 1.68. The molecule has 0 bridgehead atoms. The molecule has 0 aromatic rings. The molecule has 0 radical (unpaired) electrons. The third-order valence-corrected chi connectivity index (χ3v) is 4.35. The highest BCUT2D eigenvalue weighted by Crippen LogP contribution is 2.35. The van der Waals surface area contributed by atoms with Crippen LogP contribution in [0.1, 0.15) is 12.8 Å². The van der Waals surface area contributed by atoms with Crippen LogP contribution >= 0.6 is 11.8 Å². The second kappa shape index (κ2) is 4.51. The van der Waals surface area contributed by atoms with Gasteiger partial charge in [0.25, 0.3) is 0 Å². The molecule has 2 unspecified atom stereocenters. The number of thioether (sulfide) groups is 1. The predicted molar refractivity (Wildman–Crippen MR) is 54.9 cm³/mol. The number of rotatable bonds is 1. The number of halogens is 3. The first kappa shape index (κ1) is 11.5. The van der Waals surface area contributed by atoms with E-state index in [4.69, 9.17) is 0 Å². The number of alkyl halides is 3. The fraction of sp³-hybridized carbons (Fsp3) is 1.00. The molecule has 1 N–H and O–H groups in total. The fourth-order valence-electron chi connectivity index (χ4n) is 2.19. The maximum absolute atomic E-state index is 12.8. The highest BCUT2D eigenvalue weighted by Gasteiger charge is 2.47. The van der Waals surface area contributed by atoms with E-state index in [-0.39, 0.29) is 11.9 Å². The molecular formula is C9H15F3N2S. The van der Waals surface area contributed by atoms with Gasteiger partial charge >= 0.3 is 6.18 Å². The summed E-state index contributed by atoms with van der Waals surface area (Å²) in [5.74, 6) is 0.999. The Morgan fingerprint density at radius 1 is 1.33 bits per heavy atom. The molecular weight excluding hydrogens is 225 g/mol. The SMILES string of the molecule is FC(F)(F)C1CNCCN1C1CCCS1. The minimum absolute atomic E-state index is 0.0422.